The van der Waals surface area contributed by atoms with Crippen LogP contribution in [0.5, 0.6) is 0 Å². The second-order valence-corrected chi connectivity index (χ2v) is 5.98. The summed E-state index contributed by atoms with van der Waals surface area (Å²) in [5.41, 5.74) is 0.835. The predicted molar refractivity (Wildman–Crippen MR) is 83.9 cm³/mol. The number of nitrogens with zero attached hydrogens (tertiary/aromatic N) is 5. The quantitative estimate of drug-likeness (QED) is 0.857. The number of aromatic nitrogens is 4. The van der Waals surface area contributed by atoms with Crippen molar-refractivity contribution in [1.29, 1.82) is 0 Å². The topological polar surface area (TPSA) is 87.1 Å². The monoisotopic (exact) mass is 316 g/mol. The van der Waals surface area contributed by atoms with Gasteiger partial charge in [-0.2, -0.15) is 5.10 Å². The van der Waals surface area contributed by atoms with Gasteiger partial charge in [0.1, 0.15) is 5.69 Å². The molecule has 3 rings (SSSR count). The Labute approximate surface area is 133 Å². The van der Waals surface area contributed by atoms with Crippen molar-refractivity contribution in [3.05, 3.63) is 46.4 Å². The highest BCUT2D eigenvalue weighted by Crippen LogP contribution is 2.19. The zero-order valence-electron chi connectivity index (χ0n) is 13.3. The van der Waals surface area contributed by atoms with Gasteiger partial charge >= 0.3 is 0 Å². The van der Waals surface area contributed by atoms with E-state index in [1.807, 2.05) is 24.8 Å². The summed E-state index contributed by atoms with van der Waals surface area (Å²) in [5, 5.41) is 4.31. The van der Waals surface area contributed by atoms with Crippen LogP contribution < -0.4 is 5.56 Å². The van der Waals surface area contributed by atoms with Crippen molar-refractivity contribution < 1.29 is 4.79 Å². The number of rotatable bonds is 3. The van der Waals surface area contributed by atoms with Crippen molar-refractivity contribution in [2.45, 2.75) is 25.6 Å². The molecule has 0 aliphatic carbocycles. The van der Waals surface area contributed by atoms with E-state index in [4.69, 9.17) is 0 Å². The lowest BCUT2D eigenvalue weighted by Gasteiger charge is -2.31. The number of hydrogen-bond acceptors (Lipinski definition) is 5. The molecule has 23 heavy (non-hydrogen) atoms. The first-order valence-electron chi connectivity index (χ1n) is 7.55. The Balaban J connectivity index is 1.93. The third-order valence-corrected chi connectivity index (χ3v) is 3.99. The van der Waals surface area contributed by atoms with Crippen LogP contribution in [0.1, 0.15) is 22.6 Å². The molecule has 0 bridgehead atoms. The van der Waals surface area contributed by atoms with Gasteiger partial charge in [0.05, 0.1) is 18.6 Å². The summed E-state index contributed by atoms with van der Waals surface area (Å²) in [4.78, 5) is 34.7. The average Bonchev–Trinajstić information content (AvgIpc) is 2.89. The SMILES string of the molecule is CN(C)C[C@@H]1CCn2nccc2CN1C(=O)c1cc(=O)[nH]cn1. The molecule has 0 radical (unpaired) electrons. The number of carbonyl (C=O) groups excluding carboxylic acids is 1. The van der Waals surface area contributed by atoms with Gasteiger partial charge in [0.25, 0.3) is 11.5 Å². The lowest BCUT2D eigenvalue weighted by atomic mass is 10.1. The van der Waals surface area contributed by atoms with Crippen molar-refractivity contribution in [2.75, 3.05) is 20.6 Å². The number of fused-ring (bicyclic) bond motifs is 1. The molecule has 1 N–H and O–H groups in total. The Morgan fingerprint density at radius 2 is 2.30 bits per heavy atom. The molecule has 0 aromatic carbocycles. The van der Waals surface area contributed by atoms with Gasteiger partial charge in [-0.3, -0.25) is 14.3 Å². The molecule has 8 heteroatoms. The molecule has 0 saturated carbocycles. The van der Waals surface area contributed by atoms with E-state index in [1.165, 1.54) is 12.4 Å². The van der Waals surface area contributed by atoms with Crippen LogP contribution >= 0.6 is 0 Å². The molecule has 2 aromatic rings. The van der Waals surface area contributed by atoms with E-state index in [2.05, 4.69) is 20.0 Å². The highest BCUT2D eigenvalue weighted by Gasteiger charge is 2.29. The van der Waals surface area contributed by atoms with Crippen molar-refractivity contribution in [3.63, 3.8) is 0 Å². The zero-order valence-corrected chi connectivity index (χ0v) is 13.3. The number of aromatic amines is 1. The van der Waals surface area contributed by atoms with Gasteiger partial charge in [0.2, 0.25) is 0 Å². The molecule has 0 unspecified atom stereocenters. The molecule has 1 amide bonds. The Morgan fingerprint density at radius 1 is 1.48 bits per heavy atom. The Bertz CT molecular complexity index is 750. The van der Waals surface area contributed by atoms with Crippen LogP contribution in [-0.4, -0.2) is 62.1 Å². The maximum atomic E-state index is 12.9. The van der Waals surface area contributed by atoms with Gasteiger partial charge in [-0.1, -0.05) is 0 Å². The smallest absolute Gasteiger partial charge is 0.273 e. The number of aryl methyl sites for hydroxylation is 1. The van der Waals surface area contributed by atoms with E-state index < -0.39 is 0 Å². The number of carbonyl (C=O) groups is 1. The number of nitrogens with one attached hydrogen (secondary N) is 1. The summed E-state index contributed by atoms with van der Waals surface area (Å²) >= 11 is 0. The minimum absolute atomic E-state index is 0.0419. The van der Waals surface area contributed by atoms with Gasteiger partial charge in [-0.15, -0.1) is 0 Å². The van der Waals surface area contributed by atoms with Crippen LogP contribution in [0.25, 0.3) is 0 Å². The van der Waals surface area contributed by atoms with Gasteiger partial charge in [0, 0.05) is 31.4 Å². The van der Waals surface area contributed by atoms with Crippen LogP contribution in [0.3, 0.4) is 0 Å². The first-order chi connectivity index (χ1) is 11.0. The molecular weight excluding hydrogens is 296 g/mol. The minimum atomic E-state index is -0.327. The Hall–Kier alpha value is -2.48. The fourth-order valence-electron chi connectivity index (χ4n) is 2.91. The highest BCUT2D eigenvalue weighted by atomic mass is 16.2. The predicted octanol–water partition coefficient (Wildman–Crippen LogP) is -0.0573. The fourth-order valence-corrected chi connectivity index (χ4v) is 2.91. The van der Waals surface area contributed by atoms with Crippen LogP contribution in [-0.2, 0) is 13.1 Å². The van der Waals surface area contributed by atoms with Crippen LogP contribution in [0.4, 0.5) is 0 Å². The first kappa shape index (κ1) is 15.4. The van der Waals surface area contributed by atoms with Crippen LogP contribution in [0.15, 0.2) is 29.5 Å². The second-order valence-electron chi connectivity index (χ2n) is 5.98. The Kier molecular flexibility index (Phi) is 4.24. The average molecular weight is 316 g/mol. The molecule has 1 aliphatic rings. The van der Waals surface area contributed by atoms with Crippen LogP contribution in [0, 0.1) is 0 Å². The van der Waals surface area contributed by atoms with E-state index in [0.29, 0.717) is 6.54 Å². The lowest BCUT2D eigenvalue weighted by molar-refractivity contribution is 0.0620. The molecule has 8 nitrogen and oxygen atoms in total. The summed E-state index contributed by atoms with van der Waals surface area (Å²) < 4.78 is 1.93. The number of amides is 1. The van der Waals surface area contributed by atoms with E-state index in [1.54, 1.807) is 11.1 Å². The van der Waals surface area contributed by atoms with E-state index >= 15 is 0 Å². The van der Waals surface area contributed by atoms with Gasteiger partial charge < -0.3 is 14.8 Å². The summed E-state index contributed by atoms with van der Waals surface area (Å²) in [7, 11) is 3.97. The number of hydrogen-bond donors (Lipinski definition) is 1. The number of H-pyrrole nitrogens is 1. The normalized spacial score (nSPS) is 17.9. The van der Waals surface area contributed by atoms with Gasteiger partial charge in [0.15, 0.2) is 0 Å². The third-order valence-electron chi connectivity index (χ3n) is 3.99. The molecule has 2 aromatic heterocycles. The van der Waals surface area contributed by atoms with E-state index in [9.17, 15) is 9.59 Å². The third kappa shape index (κ3) is 3.31. The number of likely N-dealkylation sites (N-methyl/N-ethyl adjacent to an activating group) is 1. The maximum absolute atomic E-state index is 12.9. The molecular formula is C15H20N6O2. The molecule has 1 atom stereocenters. The first-order valence-corrected chi connectivity index (χ1v) is 7.55. The van der Waals surface area contributed by atoms with Crippen molar-refractivity contribution >= 4 is 5.91 Å². The summed E-state index contributed by atoms with van der Waals surface area (Å²) in [6, 6.07) is 3.21. The van der Waals surface area contributed by atoms with Crippen molar-refractivity contribution in [2.24, 2.45) is 0 Å². The summed E-state index contributed by atoms with van der Waals surface area (Å²) in [6.07, 6.45) is 3.82. The van der Waals surface area contributed by atoms with E-state index in [-0.39, 0.29) is 23.2 Å². The largest absolute Gasteiger partial charge is 0.327 e. The lowest BCUT2D eigenvalue weighted by Crippen LogP contribution is -2.45. The summed E-state index contributed by atoms with van der Waals surface area (Å²) in [6.45, 7) is 1.99. The van der Waals surface area contributed by atoms with Crippen molar-refractivity contribution in [3.8, 4) is 0 Å². The molecule has 0 saturated heterocycles. The maximum Gasteiger partial charge on any atom is 0.273 e. The Morgan fingerprint density at radius 3 is 3.04 bits per heavy atom. The molecule has 0 fully saturated rings. The summed E-state index contributed by atoms with van der Waals surface area (Å²) in [5.74, 6) is -0.224. The highest BCUT2D eigenvalue weighted by molar-refractivity contribution is 5.92. The second kappa shape index (κ2) is 6.33. The van der Waals surface area contributed by atoms with Crippen LogP contribution in [0.2, 0.25) is 0 Å². The fraction of sp³-hybridized carbons (Fsp3) is 0.467. The van der Waals surface area contributed by atoms with Gasteiger partial charge in [-0.25, -0.2) is 4.98 Å². The molecule has 122 valence electrons. The molecule has 1 aliphatic heterocycles. The molecule has 0 spiro atoms. The molecule has 3 heterocycles. The standard InChI is InChI=1S/C15H20N6O2/c1-19(2)8-11-4-6-21-12(3-5-18-21)9-20(11)15(23)13-7-14(22)17-10-16-13/h3,5,7,10-11H,4,6,8-9H2,1-2H3,(H,16,17,22)/t11-/m0/s1. The van der Waals surface area contributed by atoms with E-state index in [0.717, 1.165) is 25.2 Å². The minimum Gasteiger partial charge on any atom is -0.327 e. The zero-order chi connectivity index (χ0) is 16.4. The van der Waals surface area contributed by atoms with Crippen molar-refractivity contribution in [1.82, 2.24) is 29.5 Å². The van der Waals surface area contributed by atoms with Gasteiger partial charge in [-0.05, 0) is 26.6 Å².